The predicted octanol–water partition coefficient (Wildman–Crippen LogP) is 13.6. The van der Waals surface area contributed by atoms with Crippen molar-refractivity contribution >= 4 is 92.1 Å². The Kier molecular flexibility index (Phi) is 6.32. The van der Waals surface area contributed by atoms with Crippen LogP contribution < -0.4 is 5.19 Å². The lowest BCUT2D eigenvalue weighted by Crippen LogP contribution is -2.13. The van der Waals surface area contributed by atoms with Crippen molar-refractivity contribution in [1.29, 1.82) is 0 Å². The second kappa shape index (κ2) is 11.1. The van der Waals surface area contributed by atoms with Crippen molar-refractivity contribution in [3.63, 3.8) is 0 Å². The Hall–Kier alpha value is -5.32. The van der Waals surface area contributed by atoms with Gasteiger partial charge in [0, 0.05) is 30.4 Å². The molecular weight excluding hydrogens is 693 g/mol. The van der Waals surface area contributed by atoms with Gasteiger partial charge in [0.25, 0.3) is 0 Å². The summed E-state index contributed by atoms with van der Waals surface area (Å²) in [5.74, 6) is 0. The van der Waals surface area contributed by atoms with Crippen LogP contribution in [0.3, 0.4) is 0 Å². The van der Waals surface area contributed by atoms with E-state index in [0.717, 1.165) is 0 Å². The average molecular weight is 725 g/mol. The highest BCUT2D eigenvalue weighted by atomic mass is 32.2. The van der Waals surface area contributed by atoms with Crippen molar-refractivity contribution in [3.8, 4) is 44.5 Å². The quantitative estimate of drug-likeness (QED) is 0.131. The number of rotatable bonds is 3. The average Bonchev–Trinajstić information content (AvgIpc) is 3.21. The molecule has 0 N–H and O–H groups in total. The smallest absolute Gasteiger partial charge is 0.0525 e. The van der Waals surface area contributed by atoms with Gasteiger partial charge in [-0.2, -0.15) is 0 Å². The minimum atomic E-state index is -0.485. The maximum absolute atomic E-state index is 2.55. The molecule has 0 unspecified atom stereocenters. The second-order valence-electron chi connectivity index (χ2n) is 14.6. The summed E-state index contributed by atoms with van der Waals surface area (Å²) in [4.78, 5) is 5.37. The molecule has 10 aromatic rings. The van der Waals surface area contributed by atoms with Crippen LogP contribution in [-0.2, 0) is 0 Å². The molecule has 0 atom stereocenters. The lowest BCUT2D eigenvalue weighted by Gasteiger charge is -2.24. The van der Waals surface area contributed by atoms with Crippen LogP contribution in [0.15, 0.2) is 165 Å². The van der Waals surface area contributed by atoms with Gasteiger partial charge in [0.05, 0.1) is 9.52 Å². The molecule has 2 aliphatic rings. The van der Waals surface area contributed by atoms with Crippen LogP contribution in [0.25, 0.3) is 98.4 Å². The third-order valence-corrected chi connectivity index (χ3v) is 15.6. The van der Waals surface area contributed by atoms with Gasteiger partial charge in [0.1, 0.15) is 0 Å². The van der Waals surface area contributed by atoms with Gasteiger partial charge in [-0.1, -0.05) is 157 Å². The maximum Gasteiger partial charge on any atom is 0.0525 e. The first kappa shape index (κ1) is 30.2. The van der Waals surface area contributed by atoms with E-state index in [-0.39, 0.29) is 0 Å². The summed E-state index contributed by atoms with van der Waals surface area (Å²) in [7, 11) is -0.485. The van der Waals surface area contributed by atoms with E-state index in [1.165, 1.54) is 124 Å². The maximum atomic E-state index is 2.55. The Morgan fingerprint density at radius 2 is 0.811 bits per heavy atom. The summed E-state index contributed by atoms with van der Waals surface area (Å²) in [6.07, 6.45) is 0. The molecule has 0 saturated carbocycles. The monoisotopic (exact) mass is 724 g/mol. The zero-order valence-corrected chi connectivity index (χ0v) is 32.4. The highest BCUT2D eigenvalue weighted by molar-refractivity contribution is 8.00. The number of benzene rings is 10. The first-order valence-electron chi connectivity index (χ1n) is 18.6. The number of hydrogen-bond donors (Lipinski definition) is 0. The van der Waals surface area contributed by atoms with E-state index < -0.39 is 9.52 Å². The fraction of sp³-hybridized carbons (Fsp3) is 0.0400. The molecular formula is C50H32S2Si. The van der Waals surface area contributed by atoms with Crippen LogP contribution in [-0.4, -0.2) is 9.52 Å². The van der Waals surface area contributed by atoms with Gasteiger partial charge in [0.15, 0.2) is 0 Å². The molecule has 10 aromatic carbocycles. The zero-order chi connectivity index (χ0) is 34.9. The predicted molar refractivity (Wildman–Crippen MR) is 234 cm³/mol. The van der Waals surface area contributed by atoms with Gasteiger partial charge in [-0.05, 0) is 124 Å². The van der Waals surface area contributed by atoms with Gasteiger partial charge < -0.3 is 0 Å². The molecule has 2 heterocycles. The minimum absolute atomic E-state index is 0.485. The molecule has 0 bridgehead atoms. The summed E-state index contributed by atoms with van der Waals surface area (Å²) in [6.45, 7) is 4.76. The minimum Gasteiger partial charge on any atom is -0.0888 e. The normalized spacial score (nSPS) is 13.2. The van der Waals surface area contributed by atoms with Crippen LogP contribution >= 0.6 is 23.5 Å². The molecule has 0 radical (unpaired) electrons. The highest BCUT2D eigenvalue weighted by Gasteiger charge is 2.25. The first-order valence-corrected chi connectivity index (χ1v) is 22.3. The lowest BCUT2D eigenvalue weighted by molar-refractivity contribution is 1.40. The summed E-state index contributed by atoms with van der Waals surface area (Å²) < 4.78 is 0. The highest BCUT2D eigenvalue weighted by Crippen LogP contribution is 2.53. The van der Waals surface area contributed by atoms with Crippen LogP contribution in [0, 0.1) is 6.92 Å². The van der Waals surface area contributed by atoms with E-state index in [1.54, 1.807) is 5.19 Å². The van der Waals surface area contributed by atoms with Crippen LogP contribution in [0.4, 0.5) is 0 Å². The van der Waals surface area contributed by atoms with Crippen molar-refractivity contribution in [2.75, 3.05) is 0 Å². The molecule has 2 aliphatic heterocycles. The Labute approximate surface area is 319 Å². The summed E-state index contributed by atoms with van der Waals surface area (Å²) >= 11 is 3.81. The van der Waals surface area contributed by atoms with Gasteiger partial charge in [-0.25, -0.2) is 0 Å². The topological polar surface area (TPSA) is 0 Å². The third-order valence-electron chi connectivity index (χ3n) is 12.0. The summed E-state index contributed by atoms with van der Waals surface area (Å²) in [5, 5.41) is 15.3. The van der Waals surface area contributed by atoms with Crippen molar-refractivity contribution < 1.29 is 0 Å². The molecule has 0 aliphatic carbocycles. The SMILES string of the molecule is C[SiH2]c1cc(-c2ccc3c4c(cccc24)-c2ccccc2S3)c2ccc3c(C)cc(-c4ccc5c6c(cccc46)Sc4ccccc4-5)c4ccc1c2c34. The number of aryl methyl sites for hydroxylation is 1. The van der Waals surface area contributed by atoms with E-state index in [2.05, 4.69) is 159 Å². The van der Waals surface area contributed by atoms with Crippen molar-refractivity contribution in [3.05, 3.63) is 151 Å². The van der Waals surface area contributed by atoms with Crippen LogP contribution in [0.1, 0.15) is 5.56 Å². The standard InChI is InChI=1S/C50H32S2Si/c1-27-25-40(29-18-20-36-32-10-4-6-15-43(32)51-44-16-8-13-34(29)48(36)44)37-21-22-39-46(53-2)26-41(38-19-17-28(27)49(37)50(38)39)30-23-24-45-47-33(30)11-7-12-35(47)31-9-3-5-14-42(31)52-45/h3-26H,53H2,1-2H3. The number of fused-ring (bicyclic) bond motifs is 4. The lowest BCUT2D eigenvalue weighted by atomic mass is 9.83. The Balaban J connectivity index is 1.15. The van der Waals surface area contributed by atoms with E-state index in [1.807, 2.05) is 23.5 Å². The molecule has 0 saturated heterocycles. The fourth-order valence-corrected chi connectivity index (χ4v) is 13.0. The molecule has 248 valence electrons. The Morgan fingerprint density at radius 1 is 0.340 bits per heavy atom. The molecule has 12 rings (SSSR count). The van der Waals surface area contributed by atoms with E-state index in [4.69, 9.17) is 0 Å². The van der Waals surface area contributed by atoms with Crippen molar-refractivity contribution in [2.45, 2.75) is 33.1 Å². The van der Waals surface area contributed by atoms with E-state index >= 15 is 0 Å². The van der Waals surface area contributed by atoms with E-state index in [0.29, 0.717) is 0 Å². The molecule has 0 amide bonds. The third kappa shape index (κ3) is 4.10. The van der Waals surface area contributed by atoms with Crippen LogP contribution in [0.5, 0.6) is 0 Å². The second-order valence-corrected chi connectivity index (χ2v) is 18.3. The fourth-order valence-electron chi connectivity index (χ4n) is 9.61. The zero-order valence-electron chi connectivity index (χ0n) is 29.4. The summed E-state index contributed by atoms with van der Waals surface area (Å²) in [6, 6.07) is 55.8. The molecule has 3 heteroatoms. The largest absolute Gasteiger partial charge is 0.0888 e. The van der Waals surface area contributed by atoms with Crippen molar-refractivity contribution in [2.24, 2.45) is 0 Å². The van der Waals surface area contributed by atoms with E-state index in [9.17, 15) is 0 Å². The molecule has 0 aromatic heterocycles. The Bertz CT molecular complexity index is 3230. The Morgan fingerprint density at radius 3 is 1.51 bits per heavy atom. The first-order chi connectivity index (χ1) is 26.2. The molecule has 0 nitrogen and oxygen atoms in total. The molecule has 53 heavy (non-hydrogen) atoms. The number of hydrogen-bond acceptors (Lipinski definition) is 2. The summed E-state index contributed by atoms with van der Waals surface area (Å²) in [5.41, 5.74) is 12.1. The van der Waals surface area contributed by atoms with Gasteiger partial charge in [-0.15, -0.1) is 0 Å². The van der Waals surface area contributed by atoms with Gasteiger partial charge in [-0.3, -0.25) is 0 Å². The van der Waals surface area contributed by atoms with Gasteiger partial charge in [0.2, 0.25) is 0 Å². The van der Waals surface area contributed by atoms with Crippen LogP contribution in [0.2, 0.25) is 6.55 Å². The molecule has 0 spiro atoms. The van der Waals surface area contributed by atoms with Crippen molar-refractivity contribution in [1.82, 2.24) is 0 Å². The van der Waals surface area contributed by atoms with Gasteiger partial charge >= 0.3 is 0 Å². The molecule has 0 fully saturated rings.